The zero-order chi connectivity index (χ0) is 13.7. The highest BCUT2D eigenvalue weighted by Gasteiger charge is 2.21. The maximum atomic E-state index is 5.51. The van der Waals surface area contributed by atoms with Crippen molar-refractivity contribution < 1.29 is 4.74 Å². The van der Waals surface area contributed by atoms with Gasteiger partial charge in [0, 0.05) is 6.04 Å². The first-order valence-electron chi connectivity index (χ1n) is 7.45. The zero-order valence-electron chi connectivity index (χ0n) is 12.3. The SMILES string of the molecule is CCOc1ncnc(NC2CCC(CC)CC2)c1C. The van der Waals surface area contributed by atoms with E-state index in [1.165, 1.54) is 32.1 Å². The number of hydrogen-bond acceptors (Lipinski definition) is 4. The van der Waals surface area contributed by atoms with Crippen LogP contribution >= 0.6 is 0 Å². The molecule has 0 radical (unpaired) electrons. The van der Waals surface area contributed by atoms with Gasteiger partial charge in [0.05, 0.1) is 12.2 Å². The Morgan fingerprint density at radius 2 is 1.95 bits per heavy atom. The maximum Gasteiger partial charge on any atom is 0.221 e. The van der Waals surface area contributed by atoms with Crippen LogP contribution in [0.3, 0.4) is 0 Å². The lowest BCUT2D eigenvalue weighted by molar-refractivity contribution is 0.322. The molecule has 2 rings (SSSR count). The summed E-state index contributed by atoms with van der Waals surface area (Å²) in [7, 11) is 0. The lowest BCUT2D eigenvalue weighted by Gasteiger charge is -2.29. The number of anilines is 1. The Labute approximate surface area is 116 Å². The highest BCUT2D eigenvalue weighted by atomic mass is 16.5. The van der Waals surface area contributed by atoms with Gasteiger partial charge in [-0.15, -0.1) is 0 Å². The van der Waals surface area contributed by atoms with Crippen LogP contribution in [0.15, 0.2) is 6.33 Å². The molecule has 0 atom stereocenters. The third-order valence-electron chi connectivity index (χ3n) is 4.08. The fraction of sp³-hybridized carbons (Fsp3) is 0.733. The number of nitrogens with one attached hydrogen (secondary N) is 1. The summed E-state index contributed by atoms with van der Waals surface area (Å²) in [5.74, 6) is 2.55. The van der Waals surface area contributed by atoms with E-state index in [1.54, 1.807) is 6.33 Å². The van der Waals surface area contributed by atoms with Crippen LogP contribution in [0.5, 0.6) is 5.88 Å². The van der Waals surface area contributed by atoms with Crippen LogP contribution < -0.4 is 10.1 Å². The molecule has 0 unspecified atom stereocenters. The third-order valence-corrected chi connectivity index (χ3v) is 4.08. The molecule has 0 aromatic carbocycles. The van der Waals surface area contributed by atoms with E-state index in [0.29, 0.717) is 18.5 Å². The van der Waals surface area contributed by atoms with Gasteiger partial charge in [0.15, 0.2) is 0 Å². The molecule has 1 aliphatic carbocycles. The van der Waals surface area contributed by atoms with Crippen LogP contribution in [0.2, 0.25) is 0 Å². The topological polar surface area (TPSA) is 47.0 Å². The minimum absolute atomic E-state index is 0.547. The number of nitrogens with zero attached hydrogens (tertiary/aromatic N) is 2. The summed E-state index contributed by atoms with van der Waals surface area (Å²) >= 11 is 0. The quantitative estimate of drug-likeness (QED) is 0.882. The second-order valence-corrected chi connectivity index (χ2v) is 5.36. The summed E-state index contributed by atoms with van der Waals surface area (Å²) in [5, 5.41) is 3.56. The van der Waals surface area contributed by atoms with Crippen molar-refractivity contribution in [2.24, 2.45) is 5.92 Å². The van der Waals surface area contributed by atoms with Crippen LogP contribution in [-0.2, 0) is 0 Å². The normalized spacial score (nSPS) is 23.1. The van der Waals surface area contributed by atoms with Crippen LogP contribution in [-0.4, -0.2) is 22.6 Å². The predicted octanol–water partition coefficient (Wildman–Crippen LogP) is 3.56. The standard InChI is InChI=1S/C15H25N3O/c1-4-12-6-8-13(9-7-12)18-14-11(3)15(19-5-2)17-10-16-14/h10,12-13H,4-9H2,1-3H3,(H,16,17,18). The van der Waals surface area contributed by atoms with Crippen molar-refractivity contribution in [3.8, 4) is 5.88 Å². The first kappa shape index (κ1) is 14.1. The molecule has 1 heterocycles. The molecule has 0 bridgehead atoms. The fourth-order valence-corrected chi connectivity index (χ4v) is 2.77. The summed E-state index contributed by atoms with van der Waals surface area (Å²) < 4.78 is 5.51. The second-order valence-electron chi connectivity index (χ2n) is 5.36. The van der Waals surface area contributed by atoms with E-state index in [0.717, 1.165) is 17.3 Å². The smallest absolute Gasteiger partial charge is 0.221 e. The van der Waals surface area contributed by atoms with Crippen LogP contribution in [0.4, 0.5) is 5.82 Å². The van der Waals surface area contributed by atoms with Crippen molar-refractivity contribution in [2.45, 2.75) is 58.9 Å². The largest absolute Gasteiger partial charge is 0.478 e. The van der Waals surface area contributed by atoms with Crippen molar-refractivity contribution in [3.05, 3.63) is 11.9 Å². The molecule has 1 aliphatic rings. The molecule has 4 heteroatoms. The van der Waals surface area contributed by atoms with Crippen molar-refractivity contribution in [2.75, 3.05) is 11.9 Å². The van der Waals surface area contributed by atoms with Gasteiger partial charge in [-0.3, -0.25) is 0 Å². The average Bonchev–Trinajstić information content (AvgIpc) is 2.44. The lowest BCUT2D eigenvalue weighted by atomic mass is 9.84. The zero-order valence-corrected chi connectivity index (χ0v) is 12.3. The molecule has 1 aromatic rings. The summed E-state index contributed by atoms with van der Waals surface area (Å²) in [6.45, 7) is 6.92. The molecular weight excluding hydrogens is 238 g/mol. The van der Waals surface area contributed by atoms with Crippen molar-refractivity contribution in [1.82, 2.24) is 9.97 Å². The van der Waals surface area contributed by atoms with Gasteiger partial charge in [0.2, 0.25) is 5.88 Å². The van der Waals surface area contributed by atoms with Gasteiger partial charge in [-0.2, -0.15) is 0 Å². The van der Waals surface area contributed by atoms with Gasteiger partial charge in [-0.25, -0.2) is 9.97 Å². The Morgan fingerprint density at radius 1 is 1.21 bits per heavy atom. The fourth-order valence-electron chi connectivity index (χ4n) is 2.77. The van der Waals surface area contributed by atoms with Gasteiger partial charge in [0.1, 0.15) is 12.1 Å². The minimum atomic E-state index is 0.547. The average molecular weight is 263 g/mol. The van der Waals surface area contributed by atoms with Crippen molar-refractivity contribution >= 4 is 5.82 Å². The lowest BCUT2D eigenvalue weighted by Crippen LogP contribution is -2.26. The maximum absolute atomic E-state index is 5.51. The minimum Gasteiger partial charge on any atom is -0.478 e. The van der Waals surface area contributed by atoms with E-state index in [1.807, 2.05) is 13.8 Å². The highest BCUT2D eigenvalue weighted by molar-refractivity contribution is 5.48. The molecular formula is C15H25N3O. The van der Waals surface area contributed by atoms with E-state index >= 15 is 0 Å². The summed E-state index contributed by atoms with van der Waals surface area (Å²) in [6, 6.07) is 0.547. The molecule has 1 N–H and O–H groups in total. The first-order valence-corrected chi connectivity index (χ1v) is 7.45. The van der Waals surface area contributed by atoms with Gasteiger partial charge in [-0.05, 0) is 45.4 Å². The highest BCUT2D eigenvalue weighted by Crippen LogP contribution is 2.29. The van der Waals surface area contributed by atoms with Crippen LogP contribution in [0.25, 0.3) is 0 Å². The van der Waals surface area contributed by atoms with E-state index < -0.39 is 0 Å². The monoisotopic (exact) mass is 263 g/mol. The molecule has 0 spiro atoms. The van der Waals surface area contributed by atoms with Gasteiger partial charge >= 0.3 is 0 Å². The molecule has 4 nitrogen and oxygen atoms in total. The molecule has 0 saturated heterocycles. The molecule has 106 valence electrons. The molecule has 1 fully saturated rings. The second kappa shape index (κ2) is 6.73. The number of aromatic nitrogens is 2. The van der Waals surface area contributed by atoms with Gasteiger partial charge in [-0.1, -0.05) is 13.3 Å². The Morgan fingerprint density at radius 3 is 2.58 bits per heavy atom. The summed E-state index contributed by atoms with van der Waals surface area (Å²) in [5.41, 5.74) is 1.02. The Balaban J connectivity index is 1.98. The Kier molecular flexibility index (Phi) is 5.00. The van der Waals surface area contributed by atoms with Gasteiger partial charge in [0.25, 0.3) is 0 Å². The van der Waals surface area contributed by atoms with Crippen LogP contribution in [0, 0.1) is 12.8 Å². The van der Waals surface area contributed by atoms with E-state index in [-0.39, 0.29) is 0 Å². The van der Waals surface area contributed by atoms with Crippen molar-refractivity contribution in [1.29, 1.82) is 0 Å². The number of rotatable bonds is 5. The Bertz CT molecular complexity index is 400. The third kappa shape index (κ3) is 3.58. The number of hydrogen-bond donors (Lipinski definition) is 1. The van der Waals surface area contributed by atoms with Gasteiger partial charge < -0.3 is 10.1 Å². The predicted molar refractivity (Wildman–Crippen MR) is 77.6 cm³/mol. The van der Waals surface area contributed by atoms with E-state index in [4.69, 9.17) is 4.74 Å². The number of ether oxygens (including phenoxy) is 1. The molecule has 0 aliphatic heterocycles. The molecule has 0 amide bonds. The van der Waals surface area contributed by atoms with E-state index in [2.05, 4.69) is 22.2 Å². The first-order chi connectivity index (χ1) is 9.24. The molecule has 1 aromatic heterocycles. The Hall–Kier alpha value is -1.32. The molecule has 1 saturated carbocycles. The molecule has 19 heavy (non-hydrogen) atoms. The summed E-state index contributed by atoms with van der Waals surface area (Å²) in [4.78, 5) is 8.53. The van der Waals surface area contributed by atoms with E-state index in [9.17, 15) is 0 Å². The summed E-state index contributed by atoms with van der Waals surface area (Å²) in [6.07, 6.45) is 8.04. The van der Waals surface area contributed by atoms with Crippen molar-refractivity contribution in [3.63, 3.8) is 0 Å². The van der Waals surface area contributed by atoms with Crippen LogP contribution in [0.1, 0.15) is 51.5 Å².